The van der Waals surface area contributed by atoms with Crippen LogP contribution in [0.1, 0.15) is 6.42 Å². The lowest BCUT2D eigenvalue weighted by molar-refractivity contribution is 0.627. The van der Waals surface area contributed by atoms with Gasteiger partial charge in [0.05, 0.1) is 0 Å². The molecule has 0 spiro atoms. The quantitative estimate of drug-likeness (QED) is 0.636. The minimum absolute atomic E-state index is 0.145. The van der Waals surface area contributed by atoms with Crippen LogP contribution in [0.3, 0.4) is 0 Å². The van der Waals surface area contributed by atoms with Crippen molar-refractivity contribution in [2.75, 3.05) is 18.0 Å². The molecule has 0 amide bonds. The van der Waals surface area contributed by atoms with E-state index in [1.165, 1.54) is 25.2 Å². The van der Waals surface area contributed by atoms with Crippen LogP contribution in [0.4, 0.5) is 10.1 Å². The largest absolute Gasteiger partial charge is 0.371 e. The van der Waals surface area contributed by atoms with E-state index < -0.39 is 0 Å². The van der Waals surface area contributed by atoms with E-state index in [0.29, 0.717) is 0 Å². The van der Waals surface area contributed by atoms with Gasteiger partial charge >= 0.3 is 0 Å². The third-order valence-electron chi connectivity index (χ3n) is 3.17. The number of piperidine rings is 1. The first-order valence-electron chi connectivity index (χ1n) is 4.83. The maximum Gasteiger partial charge on any atom is 0.123 e. The summed E-state index contributed by atoms with van der Waals surface area (Å²) in [6.45, 7) is 2.35. The molecule has 0 N–H and O–H groups in total. The number of anilines is 1. The number of halogens is 1. The van der Waals surface area contributed by atoms with Crippen molar-refractivity contribution in [1.82, 2.24) is 0 Å². The first-order valence-corrected chi connectivity index (χ1v) is 4.83. The molecule has 3 rings (SSSR count). The Labute approximate surface area is 77.2 Å². The van der Waals surface area contributed by atoms with Crippen LogP contribution in [-0.2, 0) is 0 Å². The fourth-order valence-corrected chi connectivity index (χ4v) is 2.26. The number of nitrogens with zero attached hydrogens (tertiary/aromatic N) is 1. The Morgan fingerprint density at radius 1 is 1.08 bits per heavy atom. The number of hydrogen-bond donors (Lipinski definition) is 0. The van der Waals surface area contributed by atoms with Gasteiger partial charge in [0.1, 0.15) is 5.82 Å². The predicted octanol–water partition coefficient (Wildman–Crippen LogP) is 2.28. The fraction of sp³-hybridized carbons (Fsp3) is 0.455. The molecule has 13 heavy (non-hydrogen) atoms. The topological polar surface area (TPSA) is 3.24 Å². The van der Waals surface area contributed by atoms with Gasteiger partial charge < -0.3 is 4.90 Å². The molecule has 1 saturated carbocycles. The molecule has 0 radical (unpaired) electrons. The third kappa shape index (κ3) is 1.21. The van der Waals surface area contributed by atoms with Crippen molar-refractivity contribution in [3.63, 3.8) is 0 Å². The molecule has 1 aliphatic carbocycles. The SMILES string of the molecule is Fc1ccc(N2C[C@H]3C[C@H]3C2)cc1. The average Bonchev–Trinajstić information content (AvgIpc) is 2.75. The summed E-state index contributed by atoms with van der Waals surface area (Å²) >= 11 is 0. The van der Waals surface area contributed by atoms with Gasteiger partial charge in [0.25, 0.3) is 0 Å². The summed E-state index contributed by atoms with van der Waals surface area (Å²) in [6, 6.07) is 6.83. The Balaban J connectivity index is 1.81. The first-order chi connectivity index (χ1) is 6.33. The van der Waals surface area contributed by atoms with Crippen LogP contribution in [0.2, 0.25) is 0 Å². The standard InChI is InChI=1S/C11H12FN/c12-10-1-3-11(4-2-10)13-6-8-5-9(8)7-13/h1-4,8-9H,5-7H2/t8-,9+. The summed E-state index contributed by atoms with van der Waals surface area (Å²) < 4.78 is 12.6. The van der Waals surface area contributed by atoms with E-state index in [0.717, 1.165) is 11.8 Å². The number of fused-ring (bicyclic) bond motifs is 1. The van der Waals surface area contributed by atoms with Crippen molar-refractivity contribution in [3.05, 3.63) is 30.1 Å². The third-order valence-corrected chi connectivity index (χ3v) is 3.17. The number of benzene rings is 1. The Kier molecular flexibility index (Phi) is 1.40. The van der Waals surface area contributed by atoms with Gasteiger partial charge in [-0.3, -0.25) is 0 Å². The van der Waals surface area contributed by atoms with Gasteiger partial charge in [-0.2, -0.15) is 0 Å². The maximum absolute atomic E-state index is 12.6. The minimum Gasteiger partial charge on any atom is -0.371 e. The van der Waals surface area contributed by atoms with Crippen molar-refractivity contribution >= 4 is 5.69 Å². The highest BCUT2D eigenvalue weighted by atomic mass is 19.1. The van der Waals surface area contributed by atoms with Crippen molar-refractivity contribution in [3.8, 4) is 0 Å². The van der Waals surface area contributed by atoms with Crippen molar-refractivity contribution in [2.24, 2.45) is 11.8 Å². The fourth-order valence-electron chi connectivity index (χ4n) is 2.26. The van der Waals surface area contributed by atoms with E-state index in [4.69, 9.17) is 0 Å². The van der Waals surface area contributed by atoms with Gasteiger partial charge in [0.2, 0.25) is 0 Å². The summed E-state index contributed by atoms with van der Waals surface area (Å²) in [5, 5.41) is 0. The van der Waals surface area contributed by atoms with E-state index >= 15 is 0 Å². The van der Waals surface area contributed by atoms with Crippen LogP contribution in [-0.4, -0.2) is 13.1 Å². The Hall–Kier alpha value is -1.05. The first kappa shape index (κ1) is 7.36. The molecule has 0 unspecified atom stereocenters. The normalized spacial score (nSPS) is 30.4. The van der Waals surface area contributed by atoms with Crippen LogP contribution < -0.4 is 4.90 Å². The lowest BCUT2D eigenvalue weighted by Crippen LogP contribution is -2.21. The second-order valence-corrected chi connectivity index (χ2v) is 4.14. The zero-order chi connectivity index (χ0) is 8.84. The molecule has 2 fully saturated rings. The molecular weight excluding hydrogens is 165 g/mol. The summed E-state index contributed by atoms with van der Waals surface area (Å²) in [6.07, 6.45) is 1.41. The van der Waals surface area contributed by atoms with Crippen LogP contribution in [0.5, 0.6) is 0 Å². The minimum atomic E-state index is -0.145. The van der Waals surface area contributed by atoms with Gasteiger partial charge in [-0.1, -0.05) is 0 Å². The Bertz CT molecular complexity index is 309. The van der Waals surface area contributed by atoms with Crippen molar-refractivity contribution in [1.29, 1.82) is 0 Å². The van der Waals surface area contributed by atoms with Gasteiger partial charge in [0, 0.05) is 18.8 Å². The molecule has 1 aromatic rings. The van der Waals surface area contributed by atoms with Crippen LogP contribution in [0.25, 0.3) is 0 Å². The lowest BCUT2D eigenvalue weighted by Gasteiger charge is -2.19. The molecule has 0 aromatic heterocycles. The Morgan fingerprint density at radius 2 is 1.69 bits per heavy atom. The highest BCUT2D eigenvalue weighted by Crippen LogP contribution is 2.46. The van der Waals surface area contributed by atoms with Crippen LogP contribution >= 0.6 is 0 Å². The maximum atomic E-state index is 12.6. The molecule has 2 atom stereocenters. The molecule has 68 valence electrons. The van der Waals surface area contributed by atoms with Gasteiger partial charge in [-0.25, -0.2) is 4.39 Å². The molecule has 1 aromatic carbocycles. The van der Waals surface area contributed by atoms with Crippen molar-refractivity contribution < 1.29 is 4.39 Å². The monoisotopic (exact) mass is 177 g/mol. The van der Waals surface area contributed by atoms with E-state index in [2.05, 4.69) is 4.90 Å². The van der Waals surface area contributed by atoms with Gasteiger partial charge in [-0.05, 0) is 42.5 Å². The molecule has 2 heteroatoms. The molecule has 1 nitrogen and oxygen atoms in total. The smallest absolute Gasteiger partial charge is 0.123 e. The zero-order valence-electron chi connectivity index (χ0n) is 7.41. The van der Waals surface area contributed by atoms with Crippen molar-refractivity contribution in [2.45, 2.75) is 6.42 Å². The lowest BCUT2D eigenvalue weighted by atomic mass is 10.3. The Morgan fingerprint density at radius 3 is 2.31 bits per heavy atom. The van der Waals surface area contributed by atoms with E-state index in [-0.39, 0.29) is 5.82 Å². The summed E-state index contributed by atoms with van der Waals surface area (Å²) in [5.41, 5.74) is 1.17. The van der Waals surface area contributed by atoms with E-state index in [1.54, 1.807) is 12.1 Å². The summed E-state index contributed by atoms with van der Waals surface area (Å²) in [4.78, 5) is 2.36. The highest BCUT2D eigenvalue weighted by molar-refractivity contribution is 5.48. The molecular formula is C11H12FN. The van der Waals surface area contributed by atoms with Gasteiger partial charge in [-0.15, -0.1) is 0 Å². The van der Waals surface area contributed by atoms with Crippen LogP contribution in [0.15, 0.2) is 24.3 Å². The average molecular weight is 177 g/mol. The molecule has 1 saturated heterocycles. The molecule has 1 aliphatic heterocycles. The molecule has 0 bridgehead atoms. The van der Waals surface area contributed by atoms with Gasteiger partial charge in [0.15, 0.2) is 0 Å². The number of rotatable bonds is 1. The second kappa shape index (κ2) is 2.47. The van der Waals surface area contributed by atoms with E-state index in [9.17, 15) is 4.39 Å². The van der Waals surface area contributed by atoms with Crippen LogP contribution in [0, 0.1) is 17.7 Å². The van der Waals surface area contributed by atoms with E-state index in [1.807, 2.05) is 12.1 Å². The second-order valence-electron chi connectivity index (χ2n) is 4.14. The summed E-state index contributed by atoms with van der Waals surface area (Å²) in [5.74, 6) is 1.73. The highest BCUT2D eigenvalue weighted by Gasteiger charge is 2.44. The predicted molar refractivity (Wildman–Crippen MR) is 50.2 cm³/mol. The number of hydrogen-bond acceptors (Lipinski definition) is 1. The molecule has 1 heterocycles. The zero-order valence-corrected chi connectivity index (χ0v) is 7.41. The summed E-state index contributed by atoms with van der Waals surface area (Å²) in [7, 11) is 0. The molecule has 2 aliphatic rings.